The van der Waals surface area contributed by atoms with Crippen LogP contribution in [0.2, 0.25) is 0 Å². The average Bonchev–Trinajstić information content (AvgIpc) is 3.24. The third kappa shape index (κ3) is 4.97. The van der Waals surface area contributed by atoms with Gasteiger partial charge in [-0.1, -0.05) is 12.1 Å². The van der Waals surface area contributed by atoms with E-state index in [1.54, 1.807) is 24.3 Å². The SMILES string of the molecule is Fc1cccc(-c2cc(F)ccc2N2CCN(CCCCc3c[nH]c4ccc(F)cc34)CC2)c1. The molecule has 0 amide bonds. The lowest BCUT2D eigenvalue weighted by Gasteiger charge is -2.37. The fourth-order valence-electron chi connectivity index (χ4n) is 4.89. The van der Waals surface area contributed by atoms with Crippen molar-refractivity contribution in [3.63, 3.8) is 0 Å². The van der Waals surface area contributed by atoms with Crippen molar-refractivity contribution in [1.29, 1.82) is 0 Å². The normalized spacial score (nSPS) is 14.7. The first-order chi connectivity index (χ1) is 16.6. The smallest absolute Gasteiger partial charge is 0.123 e. The van der Waals surface area contributed by atoms with Crippen LogP contribution in [0.1, 0.15) is 18.4 Å². The van der Waals surface area contributed by atoms with Crippen LogP contribution in [0.4, 0.5) is 18.9 Å². The maximum atomic E-state index is 14.0. The minimum Gasteiger partial charge on any atom is -0.368 e. The summed E-state index contributed by atoms with van der Waals surface area (Å²) in [4.78, 5) is 7.94. The number of hydrogen-bond donors (Lipinski definition) is 1. The molecule has 6 heteroatoms. The van der Waals surface area contributed by atoms with Gasteiger partial charge in [0.25, 0.3) is 0 Å². The molecule has 1 aliphatic rings. The molecule has 2 heterocycles. The van der Waals surface area contributed by atoms with Gasteiger partial charge in [-0.15, -0.1) is 0 Å². The van der Waals surface area contributed by atoms with Gasteiger partial charge in [-0.25, -0.2) is 13.2 Å². The standard InChI is InChI=1S/C28H28F3N3/c29-22-6-3-5-20(16-22)26-18-24(31)8-10-28(26)34-14-12-33(13-15-34)11-2-1-4-21-19-32-27-9-7-23(30)17-25(21)27/h3,5-10,16-19,32H,1-2,4,11-15H2. The molecule has 1 aromatic heterocycles. The molecule has 0 aliphatic carbocycles. The second kappa shape index (κ2) is 9.94. The van der Waals surface area contributed by atoms with Crippen LogP contribution in [0.15, 0.2) is 66.9 Å². The number of aromatic amines is 1. The molecule has 0 unspecified atom stereocenters. The minimum absolute atomic E-state index is 0.201. The molecule has 5 rings (SSSR count). The molecule has 4 aromatic rings. The van der Waals surface area contributed by atoms with Gasteiger partial charge in [0, 0.05) is 54.5 Å². The second-order valence-electron chi connectivity index (χ2n) is 8.96. The predicted molar refractivity (Wildman–Crippen MR) is 132 cm³/mol. The Morgan fingerprint density at radius 3 is 2.35 bits per heavy atom. The summed E-state index contributed by atoms with van der Waals surface area (Å²) < 4.78 is 41.4. The Hall–Kier alpha value is -3.25. The summed E-state index contributed by atoms with van der Waals surface area (Å²) in [6.07, 6.45) is 5.04. The van der Waals surface area contributed by atoms with E-state index in [-0.39, 0.29) is 17.5 Å². The number of anilines is 1. The van der Waals surface area contributed by atoms with Crippen molar-refractivity contribution < 1.29 is 13.2 Å². The predicted octanol–water partition coefficient (Wildman–Crippen LogP) is 6.40. The van der Waals surface area contributed by atoms with E-state index < -0.39 is 0 Å². The summed E-state index contributed by atoms with van der Waals surface area (Å²) in [7, 11) is 0. The highest BCUT2D eigenvalue weighted by atomic mass is 19.1. The van der Waals surface area contributed by atoms with E-state index in [1.165, 1.54) is 35.9 Å². The summed E-state index contributed by atoms with van der Waals surface area (Å²) in [6.45, 7) is 4.56. The third-order valence-electron chi connectivity index (χ3n) is 6.71. The molecule has 1 aliphatic heterocycles. The Morgan fingerprint density at radius 1 is 0.765 bits per heavy atom. The molecular weight excluding hydrogens is 435 g/mol. The van der Waals surface area contributed by atoms with Crippen molar-refractivity contribution in [3.8, 4) is 11.1 Å². The fourth-order valence-corrected chi connectivity index (χ4v) is 4.89. The first-order valence-corrected chi connectivity index (χ1v) is 11.9. The molecule has 1 saturated heterocycles. The molecule has 34 heavy (non-hydrogen) atoms. The van der Waals surface area contributed by atoms with Crippen LogP contribution < -0.4 is 4.90 Å². The number of nitrogens with one attached hydrogen (secondary N) is 1. The van der Waals surface area contributed by atoms with E-state index in [1.807, 2.05) is 12.3 Å². The molecule has 0 bridgehead atoms. The van der Waals surface area contributed by atoms with Gasteiger partial charge >= 0.3 is 0 Å². The Kier molecular flexibility index (Phi) is 6.59. The average molecular weight is 464 g/mol. The first kappa shape index (κ1) is 22.5. The van der Waals surface area contributed by atoms with Crippen LogP contribution in [-0.2, 0) is 6.42 Å². The minimum atomic E-state index is -0.324. The third-order valence-corrected chi connectivity index (χ3v) is 6.71. The fraction of sp³-hybridized carbons (Fsp3) is 0.286. The topological polar surface area (TPSA) is 22.3 Å². The lowest BCUT2D eigenvalue weighted by Crippen LogP contribution is -2.46. The molecule has 1 N–H and O–H groups in total. The zero-order valence-corrected chi connectivity index (χ0v) is 19.0. The van der Waals surface area contributed by atoms with Crippen molar-refractivity contribution in [1.82, 2.24) is 9.88 Å². The number of halogens is 3. The van der Waals surface area contributed by atoms with Crippen molar-refractivity contribution in [2.45, 2.75) is 19.3 Å². The summed E-state index contributed by atoms with van der Waals surface area (Å²) in [5.41, 5.74) is 4.50. The van der Waals surface area contributed by atoms with Gasteiger partial charge < -0.3 is 9.88 Å². The zero-order valence-electron chi connectivity index (χ0n) is 19.0. The maximum absolute atomic E-state index is 14.0. The van der Waals surface area contributed by atoms with E-state index in [4.69, 9.17) is 0 Å². The van der Waals surface area contributed by atoms with E-state index in [2.05, 4.69) is 14.8 Å². The number of piperazine rings is 1. The number of aryl methyl sites for hydroxylation is 1. The van der Waals surface area contributed by atoms with Crippen molar-refractivity contribution in [3.05, 3.63) is 89.9 Å². The van der Waals surface area contributed by atoms with E-state index in [0.717, 1.165) is 74.1 Å². The molecule has 3 nitrogen and oxygen atoms in total. The van der Waals surface area contributed by atoms with Gasteiger partial charge in [0.2, 0.25) is 0 Å². The summed E-state index contributed by atoms with van der Waals surface area (Å²) >= 11 is 0. The van der Waals surface area contributed by atoms with Crippen molar-refractivity contribution in [2.24, 2.45) is 0 Å². The molecule has 0 atom stereocenters. The number of hydrogen-bond acceptors (Lipinski definition) is 2. The molecular formula is C28H28F3N3. The Bertz CT molecular complexity index is 1280. The van der Waals surface area contributed by atoms with Crippen molar-refractivity contribution in [2.75, 3.05) is 37.6 Å². The molecule has 1 fully saturated rings. The summed E-state index contributed by atoms with van der Waals surface area (Å²) in [6, 6.07) is 16.0. The lowest BCUT2D eigenvalue weighted by molar-refractivity contribution is 0.253. The number of nitrogens with zero attached hydrogens (tertiary/aromatic N) is 2. The number of aromatic nitrogens is 1. The van der Waals surface area contributed by atoms with E-state index >= 15 is 0 Å². The van der Waals surface area contributed by atoms with Gasteiger partial charge in [0.15, 0.2) is 0 Å². The van der Waals surface area contributed by atoms with Crippen LogP contribution in [-0.4, -0.2) is 42.6 Å². The number of fused-ring (bicyclic) bond motifs is 1. The zero-order chi connectivity index (χ0) is 23.5. The Labute approximate surface area is 197 Å². The number of rotatable bonds is 7. The number of unbranched alkanes of at least 4 members (excludes halogenated alkanes) is 1. The van der Waals surface area contributed by atoms with Gasteiger partial charge in [-0.05, 0) is 85.5 Å². The van der Waals surface area contributed by atoms with Crippen LogP contribution in [0.25, 0.3) is 22.0 Å². The number of H-pyrrole nitrogens is 1. The number of benzene rings is 3. The van der Waals surface area contributed by atoms with Gasteiger partial charge in [0.05, 0.1) is 0 Å². The summed E-state index contributed by atoms with van der Waals surface area (Å²) in [5, 5.41) is 0.974. The Balaban J connectivity index is 1.15. The quantitative estimate of drug-likeness (QED) is 0.321. The van der Waals surface area contributed by atoms with Gasteiger partial charge in [0.1, 0.15) is 17.5 Å². The van der Waals surface area contributed by atoms with Crippen LogP contribution >= 0.6 is 0 Å². The highest BCUT2D eigenvalue weighted by Gasteiger charge is 2.20. The van der Waals surface area contributed by atoms with Crippen LogP contribution in [0.5, 0.6) is 0 Å². The Morgan fingerprint density at radius 2 is 1.53 bits per heavy atom. The highest BCUT2D eigenvalue weighted by Crippen LogP contribution is 2.33. The second-order valence-corrected chi connectivity index (χ2v) is 8.96. The van der Waals surface area contributed by atoms with Gasteiger partial charge in [-0.2, -0.15) is 0 Å². The maximum Gasteiger partial charge on any atom is 0.123 e. The van der Waals surface area contributed by atoms with Crippen LogP contribution in [0.3, 0.4) is 0 Å². The van der Waals surface area contributed by atoms with Gasteiger partial charge in [-0.3, -0.25) is 4.90 Å². The van der Waals surface area contributed by atoms with Crippen molar-refractivity contribution >= 4 is 16.6 Å². The molecule has 0 radical (unpaired) electrons. The van der Waals surface area contributed by atoms with Crippen LogP contribution in [0, 0.1) is 17.5 Å². The molecule has 0 spiro atoms. The lowest BCUT2D eigenvalue weighted by atomic mass is 10.0. The van der Waals surface area contributed by atoms with E-state index in [9.17, 15) is 13.2 Å². The largest absolute Gasteiger partial charge is 0.368 e. The molecule has 0 saturated carbocycles. The summed E-state index contributed by atoms with van der Waals surface area (Å²) in [5.74, 6) is -0.845. The first-order valence-electron chi connectivity index (χ1n) is 11.9. The van der Waals surface area contributed by atoms with E-state index in [0.29, 0.717) is 5.56 Å². The molecule has 176 valence electrons. The molecule has 3 aromatic carbocycles. The monoisotopic (exact) mass is 463 g/mol. The highest BCUT2D eigenvalue weighted by molar-refractivity contribution is 5.83.